The first-order chi connectivity index (χ1) is 8.51. The van der Waals surface area contributed by atoms with Gasteiger partial charge < -0.3 is 5.32 Å². The summed E-state index contributed by atoms with van der Waals surface area (Å²) in [5, 5.41) is 7.35. The van der Waals surface area contributed by atoms with E-state index in [1.54, 1.807) is 4.68 Å². The van der Waals surface area contributed by atoms with Crippen molar-refractivity contribution in [3.63, 3.8) is 0 Å². The second kappa shape index (κ2) is 6.57. The number of anilines is 1. The number of unbranched alkanes of at least 4 members (excludes halogenated alkanes) is 1. The van der Waals surface area contributed by atoms with Gasteiger partial charge in [-0.15, -0.1) is 0 Å². The van der Waals surface area contributed by atoms with Crippen LogP contribution in [-0.4, -0.2) is 15.7 Å². The van der Waals surface area contributed by atoms with E-state index in [0.717, 1.165) is 42.8 Å². The molecule has 0 aliphatic rings. The minimum absolute atomic E-state index is 0.115. The first-order valence-corrected chi connectivity index (χ1v) is 6.82. The Hall–Kier alpha value is -1.32. The number of aryl methyl sites for hydroxylation is 2. The van der Waals surface area contributed by atoms with Gasteiger partial charge in [-0.25, -0.2) is 0 Å². The van der Waals surface area contributed by atoms with Crippen molar-refractivity contribution in [2.45, 2.75) is 53.4 Å². The third-order valence-electron chi connectivity index (χ3n) is 3.53. The summed E-state index contributed by atoms with van der Waals surface area (Å²) in [6.45, 7) is 8.13. The minimum Gasteiger partial charge on any atom is -0.323 e. The Morgan fingerprint density at radius 3 is 2.50 bits per heavy atom. The van der Waals surface area contributed by atoms with Gasteiger partial charge >= 0.3 is 0 Å². The summed E-state index contributed by atoms with van der Waals surface area (Å²) in [7, 11) is 1.90. The van der Waals surface area contributed by atoms with Gasteiger partial charge in [0.05, 0.1) is 17.1 Å². The number of nitrogens with one attached hydrogen (secondary N) is 1. The molecule has 0 radical (unpaired) electrons. The summed E-state index contributed by atoms with van der Waals surface area (Å²) in [5.74, 6) is 0.245. The standard InChI is InChI=1S/C14H25N3O/c1-6-8-9-12(7-2)14(18)15-13-10(3)16-17(5)11(13)4/h12H,6-9H2,1-5H3,(H,15,18)/t12-/m1/s1. The molecule has 0 unspecified atom stereocenters. The Bertz CT molecular complexity index is 409. The van der Waals surface area contributed by atoms with E-state index < -0.39 is 0 Å². The van der Waals surface area contributed by atoms with Crippen LogP contribution in [0.25, 0.3) is 0 Å². The van der Waals surface area contributed by atoms with Crippen molar-refractivity contribution in [1.82, 2.24) is 9.78 Å². The number of amides is 1. The number of hydrogen-bond acceptors (Lipinski definition) is 2. The molecule has 1 aromatic heterocycles. The van der Waals surface area contributed by atoms with Crippen LogP contribution in [0.3, 0.4) is 0 Å². The third kappa shape index (κ3) is 3.34. The zero-order valence-electron chi connectivity index (χ0n) is 12.2. The number of carbonyl (C=O) groups excluding carboxylic acids is 1. The van der Waals surface area contributed by atoms with Crippen LogP contribution >= 0.6 is 0 Å². The molecule has 0 bridgehead atoms. The van der Waals surface area contributed by atoms with E-state index in [4.69, 9.17) is 0 Å². The largest absolute Gasteiger partial charge is 0.323 e. The van der Waals surface area contributed by atoms with Crippen molar-refractivity contribution >= 4 is 11.6 Å². The first kappa shape index (κ1) is 14.7. The highest BCUT2D eigenvalue weighted by Gasteiger charge is 2.19. The Morgan fingerprint density at radius 2 is 2.06 bits per heavy atom. The number of aromatic nitrogens is 2. The zero-order chi connectivity index (χ0) is 13.7. The van der Waals surface area contributed by atoms with Crippen LogP contribution in [-0.2, 0) is 11.8 Å². The molecule has 4 nitrogen and oxygen atoms in total. The summed E-state index contributed by atoms with van der Waals surface area (Å²) < 4.78 is 1.80. The van der Waals surface area contributed by atoms with E-state index in [-0.39, 0.29) is 11.8 Å². The first-order valence-electron chi connectivity index (χ1n) is 6.82. The van der Waals surface area contributed by atoms with Crippen LogP contribution in [0.5, 0.6) is 0 Å². The predicted molar refractivity (Wildman–Crippen MR) is 74.6 cm³/mol. The van der Waals surface area contributed by atoms with Crippen LogP contribution < -0.4 is 5.32 Å². The summed E-state index contributed by atoms with van der Waals surface area (Å²) in [6.07, 6.45) is 4.10. The van der Waals surface area contributed by atoms with Gasteiger partial charge in [0.25, 0.3) is 0 Å². The average molecular weight is 251 g/mol. The second-order valence-electron chi connectivity index (χ2n) is 4.91. The molecule has 0 fully saturated rings. The fraction of sp³-hybridized carbons (Fsp3) is 0.714. The third-order valence-corrected chi connectivity index (χ3v) is 3.53. The molecule has 1 atom stereocenters. The van der Waals surface area contributed by atoms with Gasteiger partial charge in [-0.2, -0.15) is 5.10 Å². The molecule has 0 saturated carbocycles. The highest BCUT2D eigenvalue weighted by atomic mass is 16.1. The fourth-order valence-corrected chi connectivity index (χ4v) is 2.15. The molecule has 1 amide bonds. The zero-order valence-corrected chi connectivity index (χ0v) is 12.2. The molecule has 0 spiro atoms. The quantitative estimate of drug-likeness (QED) is 0.844. The smallest absolute Gasteiger partial charge is 0.227 e. The molecular weight excluding hydrogens is 226 g/mol. The van der Waals surface area contributed by atoms with Gasteiger partial charge in [0.2, 0.25) is 5.91 Å². The summed E-state index contributed by atoms with van der Waals surface area (Å²) in [6, 6.07) is 0. The Kier molecular flexibility index (Phi) is 5.38. The maximum Gasteiger partial charge on any atom is 0.227 e. The normalized spacial score (nSPS) is 12.5. The van der Waals surface area contributed by atoms with Crippen molar-refractivity contribution in [3.8, 4) is 0 Å². The van der Waals surface area contributed by atoms with Gasteiger partial charge in [-0.3, -0.25) is 9.48 Å². The number of carbonyl (C=O) groups is 1. The highest BCUT2D eigenvalue weighted by Crippen LogP contribution is 2.21. The number of nitrogens with zero attached hydrogens (tertiary/aromatic N) is 2. The van der Waals surface area contributed by atoms with Crippen LogP contribution in [0, 0.1) is 19.8 Å². The van der Waals surface area contributed by atoms with E-state index >= 15 is 0 Å². The molecule has 1 aromatic rings. The topological polar surface area (TPSA) is 46.9 Å². The average Bonchev–Trinajstić information content (AvgIpc) is 2.57. The van der Waals surface area contributed by atoms with Crippen LogP contribution in [0.1, 0.15) is 50.9 Å². The number of hydrogen-bond donors (Lipinski definition) is 1. The molecule has 102 valence electrons. The predicted octanol–water partition coefficient (Wildman–Crippen LogP) is 3.19. The summed E-state index contributed by atoms with van der Waals surface area (Å²) in [5.41, 5.74) is 2.76. The van der Waals surface area contributed by atoms with E-state index in [0.29, 0.717) is 0 Å². The van der Waals surface area contributed by atoms with Crippen molar-refractivity contribution in [2.24, 2.45) is 13.0 Å². The maximum absolute atomic E-state index is 12.2. The van der Waals surface area contributed by atoms with Crippen molar-refractivity contribution in [2.75, 3.05) is 5.32 Å². The molecular formula is C14H25N3O. The minimum atomic E-state index is 0.115. The van der Waals surface area contributed by atoms with Crippen LogP contribution in [0.2, 0.25) is 0 Å². The fourth-order valence-electron chi connectivity index (χ4n) is 2.15. The van der Waals surface area contributed by atoms with Gasteiger partial charge in [0.15, 0.2) is 0 Å². The monoisotopic (exact) mass is 251 g/mol. The lowest BCUT2D eigenvalue weighted by Gasteiger charge is -2.14. The van der Waals surface area contributed by atoms with Crippen molar-refractivity contribution < 1.29 is 4.79 Å². The van der Waals surface area contributed by atoms with E-state index in [2.05, 4.69) is 24.3 Å². The van der Waals surface area contributed by atoms with Gasteiger partial charge in [0.1, 0.15) is 0 Å². The molecule has 0 saturated heterocycles. The molecule has 0 aliphatic carbocycles. The summed E-state index contributed by atoms with van der Waals surface area (Å²) in [4.78, 5) is 12.2. The molecule has 18 heavy (non-hydrogen) atoms. The Morgan fingerprint density at radius 1 is 1.39 bits per heavy atom. The maximum atomic E-state index is 12.2. The SMILES string of the molecule is CCCC[C@@H](CC)C(=O)Nc1c(C)nn(C)c1C. The molecule has 1 rings (SSSR count). The van der Waals surface area contributed by atoms with Crippen LogP contribution in [0.15, 0.2) is 0 Å². The second-order valence-corrected chi connectivity index (χ2v) is 4.91. The van der Waals surface area contributed by atoms with Gasteiger partial charge in [0, 0.05) is 13.0 Å². The lowest BCUT2D eigenvalue weighted by Crippen LogP contribution is -2.23. The van der Waals surface area contributed by atoms with E-state index in [9.17, 15) is 4.79 Å². The molecule has 0 aliphatic heterocycles. The van der Waals surface area contributed by atoms with E-state index in [1.165, 1.54) is 0 Å². The lowest BCUT2D eigenvalue weighted by atomic mass is 9.98. The Balaban J connectivity index is 2.73. The molecule has 0 aromatic carbocycles. The highest BCUT2D eigenvalue weighted by molar-refractivity contribution is 5.93. The summed E-state index contributed by atoms with van der Waals surface area (Å²) >= 11 is 0. The van der Waals surface area contributed by atoms with Crippen LogP contribution in [0.4, 0.5) is 5.69 Å². The van der Waals surface area contributed by atoms with Crippen molar-refractivity contribution in [3.05, 3.63) is 11.4 Å². The molecule has 4 heteroatoms. The van der Waals surface area contributed by atoms with Gasteiger partial charge in [-0.1, -0.05) is 26.7 Å². The van der Waals surface area contributed by atoms with E-state index in [1.807, 2.05) is 20.9 Å². The Labute approximate surface area is 110 Å². The number of rotatable bonds is 6. The molecule has 1 heterocycles. The molecule has 1 N–H and O–H groups in total. The lowest BCUT2D eigenvalue weighted by molar-refractivity contribution is -0.120. The van der Waals surface area contributed by atoms with Gasteiger partial charge in [-0.05, 0) is 26.7 Å². The van der Waals surface area contributed by atoms with Crippen molar-refractivity contribution in [1.29, 1.82) is 0 Å².